The maximum absolute atomic E-state index is 12.9. The number of cyclic esters (lactones) is 1. The molecule has 5 aliphatic rings. The molecule has 2 aliphatic carbocycles. The number of esters is 2. The van der Waals surface area contributed by atoms with E-state index in [4.69, 9.17) is 23.7 Å². The third-order valence-corrected chi connectivity index (χ3v) is 9.24. The summed E-state index contributed by atoms with van der Waals surface area (Å²) >= 11 is 0. The Morgan fingerprint density at radius 1 is 1.05 bits per heavy atom. The Morgan fingerprint density at radius 3 is 2.57 bits per heavy atom. The Bertz CT molecular complexity index is 1050. The topological polar surface area (TPSA) is 104 Å². The van der Waals surface area contributed by atoms with Gasteiger partial charge in [0.05, 0.1) is 36.9 Å². The quantitative estimate of drug-likeness (QED) is 0.323. The minimum absolute atomic E-state index is 0.144. The Labute approximate surface area is 218 Å². The number of ether oxygens (including phenoxy) is 5. The van der Waals surface area contributed by atoms with E-state index in [2.05, 4.69) is 19.9 Å². The summed E-state index contributed by atoms with van der Waals surface area (Å²) in [6.07, 6.45) is 10.5. The van der Waals surface area contributed by atoms with E-state index >= 15 is 0 Å². The Kier molecular flexibility index (Phi) is 6.98. The van der Waals surface area contributed by atoms with Crippen LogP contribution in [0, 0.1) is 10.8 Å². The van der Waals surface area contributed by atoms with Gasteiger partial charge < -0.3 is 28.8 Å². The molecule has 3 heterocycles. The third kappa shape index (κ3) is 4.42. The van der Waals surface area contributed by atoms with E-state index in [0.717, 1.165) is 18.4 Å². The Balaban J connectivity index is 1.51. The van der Waals surface area contributed by atoms with Crippen LogP contribution >= 0.6 is 0 Å². The van der Waals surface area contributed by atoms with E-state index in [1.165, 1.54) is 17.7 Å². The average Bonchev–Trinajstić information content (AvgIpc) is 3.61. The highest BCUT2D eigenvalue weighted by Gasteiger charge is 2.83. The summed E-state index contributed by atoms with van der Waals surface area (Å²) in [5, 5.41) is 10.0. The fourth-order valence-corrected chi connectivity index (χ4v) is 6.85. The van der Waals surface area contributed by atoms with Crippen LogP contribution in [0.15, 0.2) is 47.6 Å². The summed E-state index contributed by atoms with van der Waals surface area (Å²) < 4.78 is 30.6. The van der Waals surface area contributed by atoms with Crippen LogP contribution in [0.25, 0.3) is 0 Å². The first-order chi connectivity index (χ1) is 17.6. The molecule has 3 aliphatic heterocycles. The zero-order valence-electron chi connectivity index (χ0n) is 22.1. The highest BCUT2D eigenvalue weighted by Crippen LogP contribution is 2.72. The SMILES string of the molecule is CC1=C[C@H]2O[C@@H]3C[C@H]4OC(=O)/C=C\C=C/[C@H]([C@H](C)O)OCC/C(C)=C\C(=O)OC[C@@]2(CC1)[C@]4(C)[C@]31CO1. The first-order valence-electron chi connectivity index (χ1n) is 13.3. The number of allylic oxidation sites excluding steroid dienone is 3. The minimum Gasteiger partial charge on any atom is -0.462 e. The van der Waals surface area contributed by atoms with Gasteiger partial charge in [-0.15, -0.1) is 0 Å². The van der Waals surface area contributed by atoms with Crippen LogP contribution in [0.2, 0.25) is 0 Å². The molecule has 5 rings (SSSR count). The van der Waals surface area contributed by atoms with E-state index in [0.29, 0.717) is 26.1 Å². The molecule has 37 heavy (non-hydrogen) atoms. The van der Waals surface area contributed by atoms with Crippen LogP contribution in [-0.2, 0) is 33.3 Å². The Hall–Kier alpha value is -2.26. The number of hydrogen-bond acceptors (Lipinski definition) is 8. The number of aliphatic hydroxyl groups excluding tert-OH is 1. The fourth-order valence-electron chi connectivity index (χ4n) is 6.85. The summed E-state index contributed by atoms with van der Waals surface area (Å²) in [5.41, 5.74) is 0.318. The molecule has 2 spiro atoms. The maximum atomic E-state index is 12.9. The summed E-state index contributed by atoms with van der Waals surface area (Å²) in [7, 11) is 0. The Morgan fingerprint density at radius 2 is 1.84 bits per heavy atom. The fraction of sp³-hybridized carbons (Fsp3) is 0.655. The molecular weight excluding hydrogens is 476 g/mol. The second-order valence-corrected chi connectivity index (χ2v) is 11.4. The lowest BCUT2D eigenvalue weighted by Gasteiger charge is -2.58. The first-order valence-corrected chi connectivity index (χ1v) is 13.3. The van der Waals surface area contributed by atoms with Crippen molar-refractivity contribution in [3.8, 4) is 0 Å². The number of carbonyl (C=O) groups excluding carboxylic acids is 2. The van der Waals surface area contributed by atoms with Crippen LogP contribution < -0.4 is 0 Å². The van der Waals surface area contributed by atoms with Gasteiger partial charge in [0.15, 0.2) is 0 Å². The molecule has 0 aromatic heterocycles. The summed E-state index contributed by atoms with van der Waals surface area (Å²) in [6.45, 7) is 8.73. The predicted molar refractivity (Wildman–Crippen MR) is 134 cm³/mol. The highest BCUT2D eigenvalue weighted by atomic mass is 16.6. The standard InChI is InChI=1S/C29H38O8/c1-18-9-11-28-16-34-26(32)14-19(2)10-12-33-21(20(3)30)7-5-6-8-25(31)37-22-15-24(36-23(28)13-18)29(17-35-29)27(22,28)4/h5-8,13-14,20-24,30H,9-12,15-17H2,1-4H3/b7-5-,8-6-,19-14-/t20-,21+,22+,23+,24+,27+,28+,29-/m0/s1. The average molecular weight is 515 g/mol. The van der Waals surface area contributed by atoms with Crippen LogP contribution in [0.1, 0.15) is 53.4 Å². The van der Waals surface area contributed by atoms with Crippen molar-refractivity contribution in [3.05, 3.63) is 47.6 Å². The lowest BCUT2D eigenvalue weighted by molar-refractivity contribution is -0.232. The molecule has 8 nitrogen and oxygen atoms in total. The van der Waals surface area contributed by atoms with Gasteiger partial charge >= 0.3 is 11.9 Å². The molecule has 0 amide bonds. The van der Waals surface area contributed by atoms with Crippen molar-refractivity contribution in [2.75, 3.05) is 19.8 Å². The van der Waals surface area contributed by atoms with Gasteiger partial charge in [-0.1, -0.05) is 42.4 Å². The smallest absolute Gasteiger partial charge is 0.331 e. The van der Waals surface area contributed by atoms with Crippen molar-refractivity contribution in [1.82, 2.24) is 0 Å². The largest absolute Gasteiger partial charge is 0.462 e. The first kappa shape index (κ1) is 26.4. The number of rotatable bonds is 1. The molecule has 8 heteroatoms. The van der Waals surface area contributed by atoms with E-state index in [1.54, 1.807) is 25.2 Å². The zero-order chi connectivity index (χ0) is 26.4. The van der Waals surface area contributed by atoms with Gasteiger partial charge in [0.1, 0.15) is 24.4 Å². The predicted octanol–water partition coefficient (Wildman–Crippen LogP) is 3.34. The van der Waals surface area contributed by atoms with E-state index in [-0.39, 0.29) is 18.8 Å². The van der Waals surface area contributed by atoms with Crippen molar-refractivity contribution in [1.29, 1.82) is 0 Å². The normalized spacial score (nSPS) is 46.2. The molecule has 0 unspecified atom stereocenters. The summed E-state index contributed by atoms with van der Waals surface area (Å²) in [5.74, 6) is -0.879. The summed E-state index contributed by atoms with van der Waals surface area (Å²) in [4.78, 5) is 25.9. The van der Waals surface area contributed by atoms with Crippen molar-refractivity contribution >= 4 is 11.9 Å². The number of epoxide rings is 1. The molecule has 8 atom stereocenters. The monoisotopic (exact) mass is 514 g/mol. The van der Waals surface area contributed by atoms with Crippen molar-refractivity contribution < 1.29 is 38.4 Å². The third-order valence-electron chi connectivity index (χ3n) is 9.24. The van der Waals surface area contributed by atoms with E-state index in [1.807, 2.05) is 6.92 Å². The minimum atomic E-state index is -0.735. The van der Waals surface area contributed by atoms with E-state index in [9.17, 15) is 14.7 Å². The zero-order valence-corrected chi connectivity index (χ0v) is 22.1. The van der Waals surface area contributed by atoms with Crippen LogP contribution in [0.4, 0.5) is 0 Å². The van der Waals surface area contributed by atoms with Crippen molar-refractivity contribution in [2.45, 2.75) is 89.5 Å². The van der Waals surface area contributed by atoms with Crippen molar-refractivity contribution in [3.63, 3.8) is 0 Å². The molecule has 3 fully saturated rings. The molecule has 2 bridgehead atoms. The van der Waals surface area contributed by atoms with Gasteiger partial charge in [-0.2, -0.15) is 0 Å². The lowest BCUT2D eigenvalue weighted by Crippen LogP contribution is -2.66. The molecule has 202 valence electrons. The van der Waals surface area contributed by atoms with Crippen molar-refractivity contribution in [2.24, 2.45) is 10.8 Å². The van der Waals surface area contributed by atoms with Gasteiger partial charge in [0.25, 0.3) is 0 Å². The van der Waals surface area contributed by atoms with Crippen LogP contribution in [-0.4, -0.2) is 73.0 Å². The van der Waals surface area contributed by atoms with Crippen LogP contribution in [0.5, 0.6) is 0 Å². The van der Waals surface area contributed by atoms with Gasteiger partial charge in [-0.25, -0.2) is 9.59 Å². The molecular formula is C29H38O8. The number of aliphatic hydroxyl groups is 1. The lowest BCUT2D eigenvalue weighted by atomic mass is 9.51. The van der Waals surface area contributed by atoms with Gasteiger partial charge in [0, 0.05) is 24.0 Å². The second kappa shape index (κ2) is 9.80. The number of carbonyl (C=O) groups is 2. The molecule has 2 saturated heterocycles. The van der Waals surface area contributed by atoms with Gasteiger partial charge in [-0.3, -0.25) is 0 Å². The molecule has 0 aromatic rings. The van der Waals surface area contributed by atoms with Gasteiger partial charge in [0.2, 0.25) is 0 Å². The molecule has 0 aromatic carbocycles. The molecule has 1 N–H and O–H groups in total. The summed E-state index contributed by atoms with van der Waals surface area (Å²) in [6, 6.07) is 0. The van der Waals surface area contributed by atoms with Gasteiger partial charge in [-0.05, 0) is 40.0 Å². The van der Waals surface area contributed by atoms with E-state index < -0.39 is 46.7 Å². The molecule has 1 saturated carbocycles. The van der Waals surface area contributed by atoms with Crippen LogP contribution in [0.3, 0.4) is 0 Å². The molecule has 0 radical (unpaired) electrons. The highest BCUT2D eigenvalue weighted by molar-refractivity contribution is 5.83. The second-order valence-electron chi connectivity index (χ2n) is 11.4. The maximum Gasteiger partial charge on any atom is 0.331 e. The number of hydrogen-bond donors (Lipinski definition) is 1.